The van der Waals surface area contributed by atoms with E-state index in [1.165, 1.54) is 12.5 Å². The van der Waals surface area contributed by atoms with Crippen LogP contribution in [0.5, 0.6) is 0 Å². The first kappa shape index (κ1) is 10.7. The molecule has 86 valence electrons. The van der Waals surface area contributed by atoms with Gasteiger partial charge in [-0.15, -0.1) is 0 Å². The Labute approximate surface area is 93.7 Å². The molecule has 0 saturated carbocycles. The van der Waals surface area contributed by atoms with Crippen molar-refractivity contribution < 1.29 is 19.8 Å². The second-order valence-electron chi connectivity index (χ2n) is 3.03. The summed E-state index contributed by atoms with van der Waals surface area (Å²) >= 11 is 0. The maximum absolute atomic E-state index is 10.9. The minimum atomic E-state index is -1.41. The molecule has 3 N–H and O–H groups in total. The molecule has 0 bridgehead atoms. The first-order valence-electron chi connectivity index (χ1n) is 4.42. The number of carboxylic acids is 2. The third kappa shape index (κ3) is 2.09. The summed E-state index contributed by atoms with van der Waals surface area (Å²) in [7, 11) is 0. The van der Waals surface area contributed by atoms with Gasteiger partial charge in [-0.25, -0.2) is 24.5 Å². The van der Waals surface area contributed by atoms with Crippen molar-refractivity contribution in [2.45, 2.75) is 0 Å². The number of H-pyrrole nitrogens is 1. The average molecular weight is 234 g/mol. The second kappa shape index (κ2) is 4.00. The first-order valence-corrected chi connectivity index (χ1v) is 4.42. The fraction of sp³-hybridized carbons (Fsp3) is 0. The highest BCUT2D eigenvalue weighted by molar-refractivity contribution is 6.18. The molecule has 0 aliphatic rings. The lowest BCUT2D eigenvalue weighted by atomic mass is 10.2. The van der Waals surface area contributed by atoms with Crippen molar-refractivity contribution in [3.63, 3.8) is 0 Å². The van der Waals surface area contributed by atoms with E-state index in [9.17, 15) is 9.59 Å². The van der Waals surface area contributed by atoms with Crippen LogP contribution in [-0.4, -0.2) is 42.1 Å². The van der Waals surface area contributed by atoms with Gasteiger partial charge in [0.2, 0.25) is 0 Å². The van der Waals surface area contributed by atoms with Crippen molar-refractivity contribution in [3.8, 4) is 0 Å². The van der Waals surface area contributed by atoms with E-state index in [2.05, 4.69) is 19.9 Å². The van der Waals surface area contributed by atoms with E-state index in [0.29, 0.717) is 11.6 Å². The normalized spacial score (nSPS) is 11.6. The molecule has 8 heteroatoms. The maximum atomic E-state index is 10.9. The van der Waals surface area contributed by atoms with Crippen molar-refractivity contribution in [1.29, 1.82) is 0 Å². The van der Waals surface area contributed by atoms with Crippen LogP contribution in [0.1, 0.15) is 5.82 Å². The van der Waals surface area contributed by atoms with Gasteiger partial charge in [0.25, 0.3) is 0 Å². The smallest absolute Gasteiger partial charge is 0.339 e. The molecular weight excluding hydrogens is 228 g/mol. The molecule has 0 amide bonds. The molecule has 0 aliphatic heterocycles. The number of aromatic nitrogens is 4. The number of hydrogen-bond donors (Lipinski definition) is 3. The van der Waals surface area contributed by atoms with Gasteiger partial charge in [-0.1, -0.05) is 0 Å². The Bertz CT molecular complexity index is 631. The second-order valence-corrected chi connectivity index (χ2v) is 3.03. The van der Waals surface area contributed by atoms with Crippen molar-refractivity contribution >= 4 is 28.7 Å². The highest BCUT2D eigenvalue weighted by Gasteiger charge is 2.16. The SMILES string of the molecule is O=C(O)/C=C(\C(=O)O)c1ncc2[nH]cnc2n1. The highest BCUT2D eigenvalue weighted by Crippen LogP contribution is 2.12. The Hall–Kier alpha value is -2.77. The predicted molar refractivity (Wildman–Crippen MR) is 54.9 cm³/mol. The molecule has 0 aromatic carbocycles. The molecule has 2 rings (SSSR count). The monoisotopic (exact) mass is 234 g/mol. The largest absolute Gasteiger partial charge is 0.478 e. The van der Waals surface area contributed by atoms with Crippen molar-refractivity contribution in [2.75, 3.05) is 0 Å². The van der Waals surface area contributed by atoms with E-state index >= 15 is 0 Å². The van der Waals surface area contributed by atoms with Gasteiger partial charge in [0.15, 0.2) is 11.5 Å². The molecule has 17 heavy (non-hydrogen) atoms. The number of nitrogens with zero attached hydrogens (tertiary/aromatic N) is 3. The number of carboxylic acid groups (broad SMARTS) is 2. The van der Waals surface area contributed by atoms with Gasteiger partial charge in [-0.3, -0.25) is 0 Å². The number of fused-ring (bicyclic) bond motifs is 1. The van der Waals surface area contributed by atoms with E-state index in [1.807, 2.05) is 0 Å². The van der Waals surface area contributed by atoms with E-state index in [0.717, 1.165) is 0 Å². The van der Waals surface area contributed by atoms with Crippen molar-refractivity contribution in [3.05, 3.63) is 24.4 Å². The lowest BCUT2D eigenvalue weighted by molar-refractivity contribution is -0.133. The summed E-state index contributed by atoms with van der Waals surface area (Å²) in [6.45, 7) is 0. The van der Waals surface area contributed by atoms with Crippen LogP contribution in [0.4, 0.5) is 0 Å². The Morgan fingerprint density at radius 1 is 1.29 bits per heavy atom. The zero-order valence-electron chi connectivity index (χ0n) is 8.28. The number of hydrogen-bond acceptors (Lipinski definition) is 5. The first-order chi connectivity index (χ1) is 8.08. The van der Waals surface area contributed by atoms with Gasteiger partial charge in [0.05, 0.1) is 12.5 Å². The van der Waals surface area contributed by atoms with Crippen LogP contribution in [0, 0.1) is 0 Å². The molecule has 0 atom stereocenters. The third-order valence-corrected chi connectivity index (χ3v) is 1.91. The van der Waals surface area contributed by atoms with Crippen LogP contribution in [0.15, 0.2) is 18.6 Å². The number of rotatable bonds is 3. The molecule has 0 aliphatic carbocycles. The van der Waals surface area contributed by atoms with E-state index in [-0.39, 0.29) is 11.5 Å². The van der Waals surface area contributed by atoms with Crippen LogP contribution in [0.2, 0.25) is 0 Å². The Morgan fingerprint density at radius 2 is 2.06 bits per heavy atom. The minimum Gasteiger partial charge on any atom is -0.478 e. The molecule has 2 aromatic rings. The van der Waals surface area contributed by atoms with Crippen LogP contribution in [0.3, 0.4) is 0 Å². The summed E-state index contributed by atoms with van der Waals surface area (Å²) in [5.41, 5.74) is 0.309. The minimum absolute atomic E-state index is 0.195. The van der Waals surface area contributed by atoms with Crippen LogP contribution in [0.25, 0.3) is 16.7 Å². The topological polar surface area (TPSA) is 129 Å². The number of imidazole rings is 1. The molecular formula is C9H6N4O4. The van der Waals surface area contributed by atoms with E-state index < -0.39 is 17.5 Å². The molecule has 0 spiro atoms. The van der Waals surface area contributed by atoms with Gasteiger partial charge >= 0.3 is 11.9 Å². The zero-order valence-corrected chi connectivity index (χ0v) is 8.28. The van der Waals surface area contributed by atoms with E-state index in [4.69, 9.17) is 10.2 Å². The summed E-state index contributed by atoms with van der Waals surface area (Å²) in [5.74, 6) is -2.99. The van der Waals surface area contributed by atoms with Crippen LogP contribution >= 0.6 is 0 Å². The number of carbonyl (C=O) groups is 2. The van der Waals surface area contributed by atoms with Crippen molar-refractivity contribution in [1.82, 2.24) is 19.9 Å². The average Bonchev–Trinajstić information content (AvgIpc) is 2.72. The quantitative estimate of drug-likeness (QED) is 0.632. The van der Waals surface area contributed by atoms with Crippen molar-refractivity contribution in [2.24, 2.45) is 0 Å². The fourth-order valence-corrected chi connectivity index (χ4v) is 1.21. The molecule has 2 aromatic heterocycles. The molecule has 2 heterocycles. The molecule has 8 nitrogen and oxygen atoms in total. The molecule has 0 fully saturated rings. The van der Waals surface area contributed by atoms with Gasteiger partial charge in [-0.2, -0.15) is 0 Å². The Morgan fingerprint density at radius 3 is 2.71 bits per heavy atom. The number of aliphatic carboxylic acids is 2. The summed E-state index contributed by atoms with van der Waals surface area (Å²) in [6.07, 6.45) is 3.25. The third-order valence-electron chi connectivity index (χ3n) is 1.91. The summed E-state index contributed by atoms with van der Waals surface area (Å²) in [4.78, 5) is 35.5. The Balaban J connectivity index is 2.56. The van der Waals surface area contributed by atoms with E-state index in [1.54, 1.807) is 0 Å². The zero-order chi connectivity index (χ0) is 12.4. The summed E-state index contributed by atoms with van der Waals surface area (Å²) < 4.78 is 0. The standard InChI is InChI=1S/C9H6N4O4/c14-6(15)1-4(9(16)17)7-10-2-5-8(13-7)12-3-11-5/h1-3H,(H,14,15)(H,16,17)(H,10,11,12,13)/b4-1-. The fourth-order valence-electron chi connectivity index (χ4n) is 1.21. The van der Waals surface area contributed by atoms with Gasteiger partial charge in [-0.05, 0) is 0 Å². The predicted octanol–water partition coefficient (Wildman–Crippen LogP) is -0.0945. The number of nitrogens with one attached hydrogen (secondary N) is 1. The molecule has 0 radical (unpaired) electrons. The van der Waals surface area contributed by atoms with Gasteiger partial charge in [0, 0.05) is 6.08 Å². The Kier molecular flexibility index (Phi) is 2.53. The maximum Gasteiger partial charge on any atom is 0.339 e. The number of aromatic amines is 1. The lowest BCUT2D eigenvalue weighted by Gasteiger charge is -1.99. The lowest BCUT2D eigenvalue weighted by Crippen LogP contribution is -2.06. The molecule has 0 unspecified atom stereocenters. The van der Waals surface area contributed by atoms with Crippen LogP contribution in [-0.2, 0) is 9.59 Å². The molecule has 0 saturated heterocycles. The highest BCUT2D eigenvalue weighted by atomic mass is 16.4. The van der Waals surface area contributed by atoms with Gasteiger partial charge in [0.1, 0.15) is 11.1 Å². The summed E-state index contributed by atoms with van der Waals surface area (Å²) in [5, 5.41) is 17.4. The van der Waals surface area contributed by atoms with Gasteiger partial charge < -0.3 is 15.2 Å². The van der Waals surface area contributed by atoms with Crippen LogP contribution < -0.4 is 0 Å². The summed E-state index contributed by atoms with van der Waals surface area (Å²) in [6, 6.07) is 0.